The van der Waals surface area contributed by atoms with Crippen molar-refractivity contribution < 1.29 is 28.5 Å². The minimum atomic E-state index is -0.550. The first-order chi connectivity index (χ1) is 14.9. The lowest BCUT2D eigenvalue weighted by Crippen LogP contribution is -2.34. The molecule has 0 bridgehead atoms. The molecule has 1 atom stereocenters. The maximum atomic E-state index is 13.2. The molecule has 1 aromatic rings. The smallest absolute Gasteiger partial charge is 0.336 e. The third-order valence-electron chi connectivity index (χ3n) is 5.57. The van der Waals surface area contributed by atoms with Gasteiger partial charge in [-0.3, -0.25) is 4.79 Å². The first-order valence-electron chi connectivity index (χ1n) is 10.5. The summed E-state index contributed by atoms with van der Waals surface area (Å²) in [5.74, 6) is 0.259. The fraction of sp³-hybridized carbons (Fsp3) is 0.478. The van der Waals surface area contributed by atoms with Crippen molar-refractivity contribution in [3.8, 4) is 11.5 Å². The van der Waals surface area contributed by atoms with Crippen LogP contribution < -0.4 is 14.8 Å². The van der Waals surface area contributed by atoms with Crippen LogP contribution in [0, 0.1) is 0 Å². The second-order valence-corrected chi connectivity index (χ2v) is 8.90. The van der Waals surface area contributed by atoms with E-state index in [0.29, 0.717) is 41.4 Å². The molecule has 0 radical (unpaired) electrons. The van der Waals surface area contributed by atoms with Crippen LogP contribution in [0.5, 0.6) is 11.5 Å². The SMILES string of the molecule is CC1=C(C(=O)OCCOC(C)C)[C@H](c2cc3c(cc2Br)OCO3)C2=C(CCCC2=O)N1. The average Bonchev–Trinajstić information content (AvgIpc) is 3.16. The van der Waals surface area contributed by atoms with E-state index in [2.05, 4.69) is 21.2 Å². The minimum absolute atomic E-state index is 0.0456. The number of halogens is 1. The number of carbonyl (C=O) groups is 2. The normalized spacial score (nSPS) is 20.2. The van der Waals surface area contributed by atoms with Gasteiger partial charge in [0.1, 0.15) is 6.61 Å². The Morgan fingerprint density at radius 2 is 1.97 bits per heavy atom. The van der Waals surface area contributed by atoms with Gasteiger partial charge in [-0.1, -0.05) is 15.9 Å². The minimum Gasteiger partial charge on any atom is -0.460 e. The van der Waals surface area contributed by atoms with E-state index in [-0.39, 0.29) is 25.3 Å². The van der Waals surface area contributed by atoms with E-state index in [1.54, 1.807) is 0 Å². The first-order valence-corrected chi connectivity index (χ1v) is 11.3. The van der Waals surface area contributed by atoms with Crippen LogP contribution >= 0.6 is 15.9 Å². The van der Waals surface area contributed by atoms with Gasteiger partial charge in [-0.05, 0) is 51.3 Å². The summed E-state index contributed by atoms with van der Waals surface area (Å²) in [6.45, 7) is 6.30. The van der Waals surface area contributed by atoms with Gasteiger partial charge in [0, 0.05) is 33.8 Å². The highest BCUT2D eigenvalue weighted by Crippen LogP contribution is 2.48. The number of Topliss-reactive ketones (excluding diaryl/α,β-unsaturated/α-hetero) is 1. The number of rotatable bonds is 6. The zero-order valence-electron chi connectivity index (χ0n) is 17.9. The van der Waals surface area contributed by atoms with E-state index in [4.69, 9.17) is 18.9 Å². The number of dihydropyridines is 1. The molecule has 0 unspecified atom stereocenters. The maximum Gasteiger partial charge on any atom is 0.336 e. The van der Waals surface area contributed by atoms with Crippen molar-refractivity contribution in [1.82, 2.24) is 5.32 Å². The van der Waals surface area contributed by atoms with E-state index in [1.165, 1.54) is 0 Å². The highest BCUT2D eigenvalue weighted by Gasteiger charge is 2.40. The molecule has 0 saturated carbocycles. The molecule has 4 rings (SSSR count). The molecule has 1 aliphatic carbocycles. The Labute approximate surface area is 189 Å². The molecule has 7 nitrogen and oxygen atoms in total. The summed E-state index contributed by atoms with van der Waals surface area (Å²) in [5, 5.41) is 3.29. The number of allylic oxidation sites excluding steroid dienone is 3. The predicted molar refractivity (Wildman–Crippen MR) is 117 cm³/mol. The van der Waals surface area contributed by atoms with Crippen LogP contribution in [0.4, 0.5) is 0 Å². The van der Waals surface area contributed by atoms with Crippen molar-refractivity contribution in [1.29, 1.82) is 0 Å². The molecular formula is C23H26BrNO6. The molecule has 0 saturated heterocycles. The number of fused-ring (bicyclic) bond motifs is 1. The van der Waals surface area contributed by atoms with Crippen LogP contribution in [0.25, 0.3) is 0 Å². The van der Waals surface area contributed by atoms with E-state index >= 15 is 0 Å². The Morgan fingerprint density at radius 1 is 1.23 bits per heavy atom. The maximum absolute atomic E-state index is 13.2. The van der Waals surface area contributed by atoms with Crippen molar-refractivity contribution in [3.05, 3.63) is 44.7 Å². The third-order valence-corrected chi connectivity index (χ3v) is 6.25. The number of benzene rings is 1. The summed E-state index contributed by atoms with van der Waals surface area (Å²) in [4.78, 5) is 26.2. The van der Waals surface area contributed by atoms with Gasteiger partial charge in [0.15, 0.2) is 17.3 Å². The van der Waals surface area contributed by atoms with E-state index < -0.39 is 11.9 Å². The Morgan fingerprint density at radius 3 is 2.71 bits per heavy atom. The molecule has 0 fully saturated rings. The Hall–Kier alpha value is -2.32. The van der Waals surface area contributed by atoms with Gasteiger partial charge in [0.2, 0.25) is 6.79 Å². The molecule has 0 spiro atoms. The fourth-order valence-corrected chi connectivity index (χ4v) is 4.77. The van der Waals surface area contributed by atoms with Crippen molar-refractivity contribution in [2.75, 3.05) is 20.0 Å². The van der Waals surface area contributed by atoms with Gasteiger partial charge in [0.05, 0.1) is 18.3 Å². The summed E-state index contributed by atoms with van der Waals surface area (Å²) in [5.41, 5.74) is 3.40. The fourth-order valence-electron chi connectivity index (χ4n) is 4.21. The van der Waals surface area contributed by atoms with Crippen molar-refractivity contribution in [2.45, 2.75) is 52.1 Å². The summed E-state index contributed by atoms with van der Waals surface area (Å²) in [6.07, 6.45) is 2.07. The highest BCUT2D eigenvalue weighted by atomic mass is 79.9. The number of esters is 1. The quantitative estimate of drug-likeness (QED) is 0.473. The first kappa shape index (κ1) is 21.9. The Balaban J connectivity index is 1.73. The average molecular weight is 492 g/mol. The second-order valence-electron chi connectivity index (χ2n) is 8.05. The number of hydrogen-bond acceptors (Lipinski definition) is 7. The highest BCUT2D eigenvalue weighted by molar-refractivity contribution is 9.10. The molecular weight excluding hydrogens is 466 g/mol. The van der Waals surface area contributed by atoms with Crippen molar-refractivity contribution >= 4 is 27.7 Å². The monoisotopic (exact) mass is 491 g/mol. The predicted octanol–water partition coefficient (Wildman–Crippen LogP) is 4.11. The molecule has 8 heteroatoms. The molecule has 2 heterocycles. The molecule has 0 amide bonds. The molecule has 2 aliphatic heterocycles. The van der Waals surface area contributed by atoms with Crippen LogP contribution in [0.1, 0.15) is 51.5 Å². The van der Waals surface area contributed by atoms with Crippen LogP contribution in [0.2, 0.25) is 0 Å². The van der Waals surface area contributed by atoms with Crippen molar-refractivity contribution in [3.63, 3.8) is 0 Å². The van der Waals surface area contributed by atoms with Crippen molar-refractivity contribution in [2.24, 2.45) is 0 Å². The van der Waals surface area contributed by atoms with E-state index in [1.807, 2.05) is 32.9 Å². The number of nitrogens with one attached hydrogen (secondary N) is 1. The summed E-state index contributed by atoms with van der Waals surface area (Å²) in [7, 11) is 0. The molecule has 1 aromatic carbocycles. The third kappa shape index (κ3) is 4.36. The number of ketones is 1. The van der Waals surface area contributed by atoms with Gasteiger partial charge in [-0.25, -0.2) is 4.79 Å². The molecule has 1 N–H and O–H groups in total. The summed E-state index contributed by atoms with van der Waals surface area (Å²) < 4.78 is 22.8. The van der Waals surface area contributed by atoms with Gasteiger partial charge in [-0.2, -0.15) is 0 Å². The summed E-state index contributed by atoms with van der Waals surface area (Å²) in [6, 6.07) is 3.67. The number of hydrogen-bond donors (Lipinski definition) is 1. The molecule has 166 valence electrons. The molecule has 31 heavy (non-hydrogen) atoms. The van der Waals surface area contributed by atoms with Crippen LogP contribution in [0.3, 0.4) is 0 Å². The zero-order valence-corrected chi connectivity index (χ0v) is 19.5. The van der Waals surface area contributed by atoms with E-state index in [9.17, 15) is 9.59 Å². The lowest BCUT2D eigenvalue weighted by atomic mass is 9.75. The van der Waals surface area contributed by atoms with Gasteiger partial charge >= 0.3 is 5.97 Å². The standard InChI is InChI=1S/C23H26BrNO6/c1-12(2)28-7-8-29-23(27)20-13(3)25-16-5-4-6-17(26)22(16)21(20)14-9-18-19(10-15(14)24)31-11-30-18/h9-10,12,21,25H,4-8,11H2,1-3H3/t21-/m0/s1. The van der Waals surface area contributed by atoms with Crippen LogP contribution in [-0.2, 0) is 19.1 Å². The van der Waals surface area contributed by atoms with Crippen LogP contribution in [-0.4, -0.2) is 37.9 Å². The zero-order chi connectivity index (χ0) is 22.1. The molecule has 3 aliphatic rings. The Bertz CT molecular complexity index is 981. The summed E-state index contributed by atoms with van der Waals surface area (Å²) >= 11 is 3.61. The molecule has 0 aromatic heterocycles. The van der Waals surface area contributed by atoms with E-state index in [0.717, 1.165) is 28.6 Å². The lowest BCUT2D eigenvalue weighted by Gasteiger charge is -2.34. The topological polar surface area (TPSA) is 83.1 Å². The van der Waals surface area contributed by atoms with Gasteiger partial charge in [-0.15, -0.1) is 0 Å². The van der Waals surface area contributed by atoms with Gasteiger partial charge in [0.25, 0.3) is 0 Å². The Kier molecular flexibility index (Phi) is 6.39. The van der Waals surface area contributed by atoms with Gasteiger partial charge < -0.3 is 24.3 Å². The van der Waals surface area contributed by atoms with Crippen LogP contribution in [0.15, 0.2) is 39.1 Å². The second kappa shape index (κ2) is 9.04. The largest absolute Gasteiger partial charge is 0.460 e. The number of carbonyl (C=O) groups excluding carboxylic acids is 2. The lowest BCUT2D eigenvalue weighted by molar-refractivity contribution is -0.141. The number of ether oxygens (including phenoxy) is 4.